The fourth-order valence-corrected chi connectivity index (χ4v) is 3.11. The van der Waals surface area contributed by atoms with E-state index in [0.29, 0.717) is 6.04 Å². The minimum Gasteiger partial charge on any atom is -0.494 e. The summed E-state index contributed by atoms with van der Waals surface area (Å²) in [5.41, 5.74) is 1.39. The summed E-state index contributed by atoms with van der Waals surface area (Å²) >= 11 is 0. The first-order valence-corrected chi connectivity index (χ1v) is 7.81. The number of rotatable bonds is 7. The van der Waals surface area contributed by atoms with E-state index < -0.39 is 0 Å². The van der Waals surface area contributed by atoms with E-state index in [-0.39, 0.29) is 0 Å². The average Bonchev–Trinajstić information content (AvgIpc) is 2.94. The quantitative estimate of drug-likeness (QED) is 0.789. The van der Waals surface area contributed by atoms with Gasteiger partial charge in [-0.15, -0.1) is 0 Å². The summed E-state index contributed by atoms with van der Waals surface area (Å²) in [7, 11) is 0. The van der Waals surface area contributed by atoms with Crippen LogP contribution in [0.3, 0.4) is 0 Å². The summed E-state index contributed by atoms with van der Waals surface area (Å²) in [5, 5.41) is 3.74. The van der Waals surface area contributed by atoms with Crippen LogP contribution in [0.1, 0.15) is 57.6 Å². The van der Waals surface area contributed by atoms with Crippen molar-refractivity contribution in [3.05, 3.63) is 29.8 Å². The number of ether oxygens (including phenoxy) is 1. The fourth-order valence-electron chi connectivity index (χ4n) is 3.11. The predicted octanol–water partition coefficient (Wildman–Crippen LogP) is 4.32. The van der Waals surface area contributed by atoms with Crippen LogP contribution >= 0.6 is 0 Å². The van der Waals surface area contributed by atoms with Crippen LogP contribution in [0.15, 0.2) is 24.3 Å². The van der Waals surface area contributed by atoms with E-state index in [0.717, 1.165) is 24.8 Å². The van der Waals surface area contributed by atoms with Crippen LogP contribution in [0.5, 0.6) is 5.75 Å². The molecule has 1 aliphatic rings. The molecule has 1 saturated carbocycles. The van der Waals surface area contributed by atoms with Crippen LogP contribution in [-0.4, -0.2) is 13.2 Å². The minimum atomic E-state index is 0.503. The van der Waals surface area contributed by atoms with E-state index in [1.54, 1.807) is 0 Å². The van der Waals surface area contributed by atoms with E-state index in [1.807, 2.05) is 6.92 Å². The van der Waals surface area contributed by atoms with Crippen LogP contribution in [-0.2, 0) is 0 Å². The van der Waals surface area contributed by atoms with Gasteiger partial charge in [-0.05, 0) is 56.3 Å². The second kappa shape index (κ2) is 7.54. The van der Waals surface area contributed by atoms with Gasteiger partial charge < -0.3 is 10.1 Å². The highest BCUT2D eigenvalue weighted by Crippen LogP contribution is 2.36. The van der Waals surface area contributed by atoms with E-state index in [4.69, 9.17) is 4.74 Å². The molecule has 2 nitrogen and oxygen atoms in total. The summed E-state index contributed by atoms with van der Waals surface area (Å²) in [5.74, 6) is 1.80. The van der Waals surface area contributed by atoms with E-state index in [9.17, 15) is 0 Å². The van der Waals surface area contributed by atoms with Crippen molar-refractivity contribution in [3.8, 4) is 5.75 Å². The molecule has 1 aromatic rings. The molecule has 0 heterocycles. The van der Waals surface area contributed by atoms with Gasteiger partial charge in [0.25, 0.3) is 0 Å². The monoisotopic (exact) mass is 261 g/mol. The third kappa shape index (κ3) is 3.97. The Morgan fingerprint density at radius 3 is 2.74 bits per heavy atom. The normalized spacial score (nSPS) is 17.6. The molecule has 0 amide bonds. The molecule has 2 heteroatoms. The highest BCUT2D eigenvalue weighted by atomic mass is 16.5. The van der Waals surface area contributed by atoms with Gasteiger partial charge in [0.2, 0.25) is 0 Å². The molecule has 0 spiro atoms. The van der Waals surface area contributed by atoms with Gasteiger partial charge in [-0.2, -0.15) is 0 Å². The van der Waals surface area contributed by atoms with Crippen molar-refractivity contribution >= 4 is 0 Å². The van der Waals surface area contributed by atoms with Gasteiger partial charge in [-0.25, -0.2) is 0 Å². The van der Waals surface area contributed by atoms with Gasteiger partial charge in [0, 0.05) is 6.04 Å². The maximum Gasteiger partial charge on any atom is 0.119 e. The van der Waals surface area contributed by atoms with E-state index in [2.05, 4.69) is 36.5 Å². The summed E-state index contributed by atoms with van der Waals surface area (Å²) in [4.78, 5) is 0. The zero-order valence-electron chi connectivity index (χ0n) is 12.3. The summed E-state index contributed by atoms with van der Waals surface area (Å²) in [6, 6.07) is 9.14. The molecule has 1 unspecified atom stereocenters. The van der Waals surface area contributed by atoms with Gasteiger partial charge in [0.05, 0.1) is 6.61 Å². The molecule has 1 aromatic carbocycles. The van der Waals surface area contributed by atoms with Crippen LogP contribution in [0.2, 0.25) is 0 Å². The molecule has 0 bridgehead atoms. The van der Waals surface area contributed by atoms with Crippen molar-refractivity contribution in [3.63, 3.8) is 0 Å². The fraction of sp³-hybridized carbons (Fsp3) is 0.647. The largest absolute Gasteiger partial charge is 0.494 e. The Hall–Kier alpha value is -1.02. The molecule has 106 valence electrons. The molecule has 0 radical (unpaired) electrons. The summed E-state index contributed by atoms with van der Waals surface area (Å²) in [6.45, 7) is 6.10. The lowest BCUT2D eigenvalue weighted by Gasteiger charge is -2.25. The van der Waals surface area contributed by atoms with Crippen molar-refractivity contribution < 1.29 is 4.74 Å². The molecule has 2 rings (SSSR count). The predicted molar refractivity (Wildman–Crippen MR) is 80.6 cm³/mol. The Bertz CT molecular complexity index is 371. The average molecular weight is 261 g/mol. The van der Waals surface area contributed by atoms with Gasteiger partial charge in [0.1, 0.15) is 5.75 Å². The van der Waals surface area contributed by atoms with Crippen molar-refractivity contribution in [2.75, 3.05) is 13.2 Å². The SMILES string of the molecule is CCCNC(c1cccc(OCC)c1)C1CCCC1. The Morgan fingerprint density at radius 2 is 2.05 bits per heavy atom. The van der Waals surface area contributed by atoms with E-state index in [1.165, 1.54) is 37.7 Å². The van der Waals surface area contributed by atoms with Crippen LogP contribution in [0.25, 0.3) is 0 Å². The second-order valence-electron chi connectivity index (χ2n) is 5.48. The first-order chi connectivity index (χ1) is 9.35. The zero-order valence-corrected chi connectivity index (χ0v) is 12.3. The Labute approximate surface area is 117 Å². The third-order valence-electron chi connectivity index (χ3n) is 4.01. The number of benzene rings is 1. The Balaban J connectivity index is 2.13. The molecule has 1 aliphatic carbocycles. The summed E-state index contributed by atoms with van der Waals surface area (Å²) in [6.07, 6.45) is 6.69. The topological polar surface area (TPSA) is 21.3 Å². The number of hydrogen-bond donors (Lipinski definition) is 1. The molecular weight excluding hydrogens is 234 g/mol. The summed E-state index contributed by atoms with van der Waals surface area (Å²) < 4.78 is 5.64. The molecule has 0 aromatic heterocycles. The molecule has 1 fully saturated rings. The maximum absolute atomic E-state index is 5.64. The second-order valence-corrected chi connectivity index (χ2v) is 5.48. The standard InChI is InChI=1S/C17H27NO/c1-3-12-18-17(14-8-5-6-9-14)15-10-7-11-16(13-15)19-4-2/h7,10-11,13-14,17-18H,3-6,8-9,12H2,1-2H3. The van der Waals surface area contributed by atoms with Gasteiger partial charge in [0.15, 0.2) is 0 Å². The van der Waals surface area contributed by atoms with Crippen molar-refractivity contribution in [1.29, 1.82) is 0 Å². The molecule has 0 aliphatic heterocycles. The lowest BCUT2D eigenvalue weighted by Crippen LogP contribution is -2.27. The van der Waals surface area contributed by atoms with Crippen molar-refractivity contribution in [2.45, 2.75) is 52.0 Å². The van der Waals surface area contributed by atoms with Gasteiger partial charge in [-0.3, -0.25) is 0 Å². The zero-order chi connectivity index (χ0) is 13.5. The molecule has 1 N–H and O–H groups in total. The minimum absolute atomic E-state index is 0.503. The van der Waals surface area contributed by atoms with Crippen LogP contribution < -0.4 is 10.1 Å². The number of hydrogen-bond acceptors (Lipinski definition) is 2. The van der Waals surface area contributed by atoms with Crippen LogP contribution in [0.4, 0.5) is 0 Å². The first-order valence-electron chi connectivity index (χ1n) is 7.81. The Morgan fingerprint density at radius 1 is 1.26 bits per heavy atom. The lowest BCUT2D eigenvalue weighted by atomic mass is 9.91. The van der Waals surface area contributed by atoms with Crippen molar-refractivity contribution in [2.24, 2.45) is 5.92 Å². The molecule has 1 atom stereocenters. The highest BCUT2D eigenvalue weighted by Gasteiger charge is 2.25. The molecule has 19 heavy (non-hydrogen) atoms. The molecular formula is C17H27NO. The number of nitrogens with one attached hydrogen (secondary N) is 1. The lowest BCUT2D eigenvalue weighted by molar-refractivity contribution is 0.335. The van der Waals surface area contributed by atoms with Crippen molar-refractivity contribution in [1.82, 2.24) is 5.32 Å². The smallest absolute Gasteiger partial charge is 0.119 e. The van der Waals surface area contributed by atoms with Crippen LogP contribution in [0, 0.1) is 5.92 Å². The van der Waals surface area contributed by atoms with E-state index >= 15 is 0 Å². The third-order valence-corrected chi connectivity index (χ3v) is 4.01. The highest BCUT2D eigenvalue weighted by molar-refractivity contribution is 5.31. The Kier molecular flexibility index (Phi) is 5.71. The maximum atomic E-state index is 5.64. The van der Waals surface area contributed by atoms with Gasteiger partial charge in [-0.1, -0.05) is 31.9 Å². The van der Waals surface area contributed by atoms with Gasteiger partial charge >= 0.3 is 0 Å². The molecule has 0 saturated heterocycles. The first kappa shape index (κ1) is 14.4.